The molecule has 0 aliphatic heterocycles. The number of sulfone groups is 1. The second-order valence-electron chi connectivity index (χ2n) is 15.0. The Morgan fingerprint density at radius 2 is 1.51 bits per heavy atom. The van der Waals surface area contributed by atoms with E-state index < -0.39 is 18.2 Å². The first-order chi connectivity index (χ1) is 22.1. The fourth-order valence-corrected chi connectivity index (χ4v) is 8.15. The third kappa shape index (κ3) is 8.58. The quantitative estimate of drug-likeness (QED) is 0.124. The van der Waals surface area contributed by atoms with Crippen molar-refractivity contribution >= 4 is 23.9 Å². The van der Waals surface area contributed by atoms with Crippen LogP contribution in [0.2, 0.25) is 18.1 Å². The van der Waals surface area contributed by atoms with Crippen molar-refractivity contribution < 1.29 is 22.2 Å². The Morgan fingerprint density at radius 3 is 2.06 bits per heavy atom. The Bertz CT molecular complexity index is 1780. The first kappa shape index (κ1) is 35.0. The highest BCUT2D eigenvalue weighted by Crippen LogP contribution is 2.51. The van der Waals surface area contributed by atoms with Crippen molar-refractivity contribution in [3.05, 3.63) is 101 Å². The van der Waals surface area contributed by atoms with Gasteiger partial charge in [0.2, 0.25) is 0 Å². The molecule has 0 spiro atoms. The summed E-state index contributed by atoms with van der Waals surface area (Å²) in [5, 5.41) is 4.50. The van der Waals surface area contributed by atoms with Crippen molar-refractivity contribution in [1.29, 1.82) is 0 Å². The lowest BCUT2D eigenvalue weighted by molar-refractivity contribution is -0.117. The standard InChI is InChI=1S/C39H49NO5SSi/c1-28-36(35(45-47(6,7)38(2,3)4)15-11-14-29-12-9-8-10-13-29)37(44-40-28)32-18-16-30(17-19-32)31-20-22-33(23-21-31)39(24-25-39)26-34(41)27-46(5,42)43/h8-10,12-13,16-23,35H,11,14-15,24-27H2,1-7H3. The van der Waals surface area contributed by atoms with E-state index in [1.807, 2.05) is 6.92 Å². The van der Waals surface area contributed by atoms with Crippen LogP contribution in [0, 0.1) is 6.92 Å². The fourth-order valence-electron chi connectivity index (χ4n) is 6.16. The molecule has 1 fully saturated rings. The Labute approximate surface area is 282 Å². The summed E-state index contributed by atoms with van der Waals surface area (Å²) in [5.41, 5.74) is 7.23. The summed E-state index contributed by atoms with van der Waals surface area (Å²) in [7, 11) is -5.42. The molecule has 47 heavy (non-hydrogen) atoms. The number of rotatable bonds is 14. The number of nitrogens with zero attached hydrogens (tertiary/aromatic N) is 1. The van der Waals surface area contributed by atoms with E-state index in [2.05, 4.69) is 118 Å². The van der Waals surface area contributed by atoms with Gasteiger partial charge < -0.3 is 8.95 Å². The van der Waals surface area contributed by atoms with Gasteiger partial charge in [0.25, 0.3) is 0 Å². The lowest BCUT2D eigenvalue weighted by atomic mass is 9.89. The highest BCUT2D eigenvalue weighted by Gasteiger charge is 2.46. The molecule has 5 rings (SSSR count). The fraction of sp³-hybridized carbons (Fsp3) is 0.436. The zero-order valence-corrected chi connectivity index (χ0v) is 30.7. The van der Waals surface area contributed by atoms with Crippen molar-refractivity contribution in [2.75, 3.05) is 12.0 Å². The SMILES string of the molecule is Cc1noc(-c2ccc(-c3ccc(C4(CC(=O)CS(C)(=O)=O)CC4)cc3)cc2)c1C(CCCc1ccccc1)O[Si](C)(C)C(C)(C)C. The number of Topliss-reactive ketones (excluding diaryl/α,β-unsaturated/α-hetero) is 1. The first-order valence-corrected chi connectivity index (χ1v) is 21.6. The summed E-state index contributed by atoms with van der Waals surface area (Å²) in [6.45, 7) is 13.4. The predicted octanol–water partition coefficient (Wildman–Crippen LogP) is 9.44. The van der Waals surface area contributed by atoms with Crippen molar-refractivity contribution in [1.82, 2.24) is 5.16 Å². The van der Waals surface area contributed by atoms with Crippen molar-refractivity contribution in [2.45, 2.75) is 95.9 Å². The lowest BCUT2D eigenvalue weighted by Gasteiger charge is -2.39. The van der Waals surface area contributed by atoms with E-state index in [9.17, 15) is 13.2 Å². The molecular formula is C39H49NO5SSi. The van der Waals surface area contributed by atoms with Crippen LogP contribution in [-0.4, -0.2) is 39.7 Å². The predicted molar refractivity (Wildman–Crippen MR) is 193 cm³/mol. The van der Waals surface area contributed by atoms with E-state index in [1.54, 1.807) is 0 Å². The van der Waals surface area contributed by atoms with Gasteiger partial charge >= 0.3 is 0 Å². The smallest absolute Gasteiger partial charge is 0.192 e. The van der Waals surface area contributed by atoms with Gasteiger partial charge in [-0.15, -0.1) is 0 Å². The summed E-state index contributed by atoms with van der Waals surface area (Å²) in [4.78, 5) is 12.4. The van der Waals surface area contributed by atoms with E-state index >= 15 is 0 Å². The molecule has 250 valence electrons. The molecule has 0 N–H and O–H groups in total. The largest absolute Gasteiger partial charge is 0.410 e. The average Bonchev–Trinajstić information content (AvgIpc) is 3.67. The minimum atomic E-state index is -3.32. The lowest BCUT2D eigenvalue weighted by Crippen LogP contribution is -2.42. The number of aryl methyl sites for hydroxylation is 2. The molecule has 0 amide bonds. The van der Waals surface area contributed by atoms with Gasteiger partial charge in [-0.25, -0.2) is 8.42 Å². The van der Waals surface area contributed by atoms with Crippen LogP contribution < -0.4 is 0 Å². The van der Waals surface area contributed by atoms with E-state index in [-0.39, 0.29) is 34.5 Å². The number of carbonyl (C=O) groups is 1. The van der Waals surface area contributed by atoms with E-state index in [4.69, 9.17) is 8.95 Å². The monoisotopic (exact) mass is 671 g/mol. The minimum absolute atomic E-state index is 0.0674. The topological polar surface area (TPSA) is 86.5 Å². The zero-order valence-electron chi connectivity index (χ0n) is 28.9. The highest BCUT2D eigenvalue weighted by atomic mass is 32.2. The maximum atomic E-state index is 12.4. The normalized spacial score (nSPS) is 15.4. The summed E-state index contributed by atoms with van der Waals surface area (Å²) >= 11 is 0. The van der Waals surface area contributed by atoms with Gasteiger partial charge in [0, 0.05) is 23.7 Å². The van der Waals surface area contributed by atoms with Crippen molar-refractivity contribution in [2.24, 2.45) is 0 Å². The number of carbonyl (C=O) groups excluding carboxylic acids is 1. The molecule has 3 aromatic carbocycles. The molecular weight excluding hydrogens is 623 g/mol. The van der Waals surface area contributed by atoms with Crippen molar-refractivity contribution in [3.63, 3.8) is 0 Å². The number of aromatic nitrogens is 1. The molecule has 6 nitrogen and oxygen atoms in total. The summed E-state index contributed by atoms with van der Waals surface area (Å²) < 4.78 is 36.3. The zero-order chi connectivity index (χ0) is 34.0. The molecule has 8 heteroatoms. The first-order valence-electron chi connectivity index (χ1n) is 16.7. The van der Waals surface area contributed by atoms with Crippen molar-refractivity contribution in [3.8, 4) is 22.5 Å². The van der Waals surface area contributed by atoms with Crippen LogP contribution >= 0.6 is 0 Å². The van der Waals surface area contributed by atoms with Gasteiger partial charge in [-0.05, 0) is 79.4 Å². The Hall–Kier alpha value is -3.33. The molecule has 1 aliphatic carbocycles. The molecule has 0 radical (unpaired) electrons. The van der Waals surface area contributed by atoms with Gasteiger partial charge in [-0.3, -0.25) is 4.79 Å². The summed E-state index contributed by atoms with van der Waals surface area (Å²) in [6.07, 6.45) is 5.94. The van der Waals surface area contributed by atoms with Gasteiger partial charge in [0.15, 0.2) is 23.9 Å². The molecule has 1 heterocycles. The average molecular weight is 672 g/mol. The highest BCUT2D eigenvalue weighted by molar-refractivity contribution is 7.91. The molecule has 1 atom stereocenters. The molecule has 1 unspecified atom stereocenters. The summed E-state index contributed by atoms with van der Waals surface area (Å²) in [5.74, 6) is 0.171. The van der Waals surface area contributed by atoms with E-state index in [0.717, 1.165) is 77.6 Å². The van der Waals surface area contributed by atoms with Gasteiger partial charge in [-0.1, -0.05) is 105 Å². The number of hydrogen-bond donors (Lipinski definition) is 0. The molecule has 4 aromatic rings. The van der Waals surface area contributed by atoms with Crippen LogP contribution in [0.1, 0.15) is 81.4 Å². The van der Waals surface area contributed by atoms with Crippen LogP contribution in [0.5, 0.6) is 0 Å². The van der Waals surface area contributed by atoms with Crippen LogP contribution in [0.3, 0.4) is 0 Å². The van der Waals surface area contributed by atoms with E-state index in [1.165, 1.54) is 5.56 Å². The molecule has 0 saturated heterocycles. The second-order valence-corrected chi connectivity index (χ2v) is 21.9. The Balaban J connectivity index is 1.35. The van der Waals surface area contributed by atoms with Gasteiger partial charge in [0.1, 0.15) is 11.5 Å². The molecule has 1 aliphatic rings. The number of hydrogen-bond acceptors (Lipinski definition) is 6. The minimum Gasteiger partial charge on any atom is -0.410 e. The summed E-state index contributed by atoms with van der Waals surface area (Å²) in [6, 6.07) is 27.3. The van der Waals surface area contributed by atoms with Crippen LogP contribution in [0.4, 0.5) is 0 Å². The Morgan fingerprint density at radius 1 is 0.936 bits per heavy atom. The number of ketones is 1. The second kappa shape index (κ2) is 13.6. The van der Waals surface area contributed by atoms with Crippen LogP contribution in [0.15, 0.2) is 83.4 Å². The third-order valence-electron chi connectivity index (χ3n) is 10.0. The van der Waals surface area contributed by atoms with Crippen LogP contribution in [0.25, 0.3) is 22.5 Å². The molecule has 1 saturated carbocycles. The maximum Gasteiger partial charge on any atom is 0.192 e. The maximum absolute atomic E-state index is 12.4. The Kier molecular flexibility index (Phi) is 10.2. The molecule has 1 aromatic heterocycles. The van der Waals surface area contributed by atoms with E-state index in [0.29, 0.717) is 0 Å². The molecule has 0 bridgehead atoms. The van der Waals surface area contributed by atoms with Crippen LogP contribution in [-0.2, 0) is 30.9 Å². The van der Waals surface area contributed by atoms with Gasteiger partial charge in [-0.2, -0.15) is 0 Å². The third-order valence-corrected chi connectivity index (χ3v) is 15.4. The number of benzene rings is 3. The van der Waals surface area contributed by atoms with Gasteiger partial charge in [0.05, 0.1) is 17.4 Å².